The van der Waals surface area contributed by atoms with Crippen molar-refractivity contribution in [2.45, 2.75) is 57.3 Å². The highest BCUT2D eigenvalue weighted by atomic mass is 79.9. The maximum Gasteiger partial charge on any atom is 0.341 e. The summed E-state index contributed by atoms with van der Waals surface area (Å²) in [7, 11) is 0. The molecule has 2 aromatic heterocycles. The lowest BCUT2D eigenvalue weighted by Gasteiger charge is -2.14. The van der Waals surface area contributed by atoms with Gasteiger partial charge >= 0.3 is 5.97 Å². The molecule has 1 amide bonds. The number of carbonyl (C=O) groups excluding carboxylic acids is 2. The summed E-state index contributed by atoms with van der Waals surface area (Å²) in [5, 5.41) is 12.8. The Kier molecular flexibility index (Phi) is 8.46. The van der Waals surface area contributed by atoms with E-state index in [0.29, 0.717) is 28.1 Å². The number of ether oxygens (including phenoxy) is 1. The van der Waals surface area contributed by atoms with Gasteiger partial charge in [0.2, 0.25) is 5.91 Å². The molecule has 184 valence electrons. The summed E-state index contributed by atoms with van der Waals surface area (Å²) in [4.78, 5) is 26.9. The molecule has 0 saturated carbocycles. The van der Waals surface area contributed by atoms with Gasteiger partial charge in [0.1, 0.15) is 5.00 Å². The van der Waals surface area contributed by atoms with Gasteiger partial charge in [0.15, 0.2) is 11.0 Å². The number of carbonyl (C=O) groups is 2. The number of hydrogen-bond donors (Lipinski definition) is 1. The van der Waals surface area contributed by atoms with Crippen molar-refractivity contribution in [2.75, 3.05) is 11.1 Å². The minimum atomic E-state index is -0.368. The van der Waals surface area contributed by atoms with Gasteiger partial charge in [0.25, 0.3) is 0 Å². The van der Waals surface area contributed by atoms with Crippen molar-refractivity contribution < 1.29 is 14.3 Å². The van der Waals surface area contributed by atoms with Crippen molar-refractivity contribution in [1.82, 2.24) is 14.8 Å². The molecule has 1 N–H and O–H groups in total. The van der Waals surface area contributed by atoms with Crippen molar-refractivity contribution in [3.63, 3.8) is 0 Å². The minimum Gasteiger partial charge on any atom is -0.459 e. The summed E-state index contributed by atoms with van der Waals surface area (Å²) in [6.07, 6.45) is 5.44. The lowest BCUT2D eigenvalue weighted by Crippen LogP contribution is -2.19. The number of thiophene rings is 1. The van der Waals surface area contributed by atoms with Crippen LogP contribution in [0.5, 0.6) is 0 Å². The minimum absolute atomic E-state index is 0.136. The summed E-state index contributed by atoms with van der Waals surface area (Å²) >= 11 is 6.24. The second-order valence-corrected chi connectivity index (χ2v) is 11.4. The largest absolute Gasteiger partial charge is 0.459 e. The van der Waals surface area contributed by atoms with Gasteiger partial charge in [-0.05, 0) is 57.2 Å². The number of halogens is 1. The average molecular weight is 576 g/mol. The molecule has 0 aliphatic heterocycles. The smallest absolute Gasteiger partial charge is 0.341 e. The quantitative estimate of drug-likeness (QED) is 0.188. The topological polar surface area (TPSA) is 86.1 Å². The van der Waals surface area contributed by atoms with E-state index in [1.165, 1.54) is 28.0 Å². The monoisotopic (exact) mass is 574 g/mol. The van der Waals surface area contributed by atoms with Gasteiger partial charge in [-0.15, -0.1) is 28.1 Å². The van der Waals surface area contributed by atoms with Crippen molar-refractivity contribution in [2.24, 2.45) is 0 Å². The molecule has 0 bridgehead atoms. The number of aromatic nitrogens is 3. The summed E-state index contributed by atoms with van der Waals surface area (Å²) in [6.45, 7) is 8.01. The Labute approximate surface area is 221 Å². The van der Waals surface area contributed by atoms with Crippen molar-refractivity contribution in [3.8, 4) is 11.4 Å². The summed E-state index contributed by atoms with van der Waals surface area (Å²) in [5.41, 5.74) is 2.47. The zero-order chi connectivity index (χ0) is 24.9. The van der Waals surface area contributed by atoms with E-state index in [2.05, 4.69) is 38.0 Å². The second kappa shape index (κ2) is 11.5. The molecule has 0 unspecified atom stereocenters. The maximum absolute atomic E-state index is 12.9. The fourth-order valence-corrected chi connectivity index (χ4v) is 6.24. The number of rotatable bonds is 9. The molecule has 0 fully saturated rings. The van der Waals surface area contributed by atoms with Gasteiger partial charge in [-0.1, -0.05) is 45.9 Å². The van der Waals surface area contributed by atoms with Crippen LogP contribution in [0.3, 0.4) is 0 Å². The van der Waals surface area contributed by atoms with Crippen LogP contribution in [0.1, 0.15) is 47.5 Å². The maximum atomic E-state index is 12.9. The van der Waals surface area contributed by atoms with Crippen LogP contribution in [0.15, 0.2) is 46.5 Å². The van der Waals surface area contributed by atoms with Crippen LogP contribution >= 0.6 is 39.0 Å². The lowest BCUT2D eigenvalue weighted by atomic mass is 9.95. The first-order valence-electron chi connectivity index (χ1n) is 11.5. The highest BCUT2D eigenvalue weighted by Gasteiger charge is 2.28. The van der Waals surface area contributed by atoms with Crippen molar-refractivity contribution in [1.29, 1.82) is 0 Å². The number of allylic oxidation sites excluding steroid dienone is 1. The molecule has 0 atom stereocenters. The van der Waals surface area contributed by atoms with Gasteiger partial charge in [-0.25, -0.2) is 4.79 Å². The summed E-state index contributed by atoms with van der Waals surface area (Å²) in [6, 6.07) is 7.83. The van der Waals surface area contributed by atoms with Crippen LogP contribution in [0.25, 0.3) is 11.4 Å². The van der Waals surface area contributed by atoms with E-state index in [-0.39, 0.29) is 23.7 Å². The molecule has 10 heteroatoms. The van der Waals surface area contributed by atoms with Crippen LogP contribution in [0.2, 0.25) is 0 Å². The molecular weight excluding hydrogens is 548 g/mol. The molecule has 0 saturated heterocycles. The Balaban J connectivity index is 1.50. The molecule has 4 rings (SSSR count). The number of hydrogen-bond acceptors (Lipinski definition) is 7. The molecule has 0 radical (unpaired) electrons. The Morgan fingerprint density at radius 2 is 2.00 bits per heavy atom. The van der Waals surface area contributed by atoms with Crippen LogP contribution < -0.4 is 5.32 Å². The van der Waals surface area contributed by atoms with Gasteiger partial charge in [-0.2, -0.15) is 0 Å². The first-order chi connectivity index (χ1) is 16.9. The number of nitrogens with one attached hydrogen (secondary N) is 1. The highest BCUT2D eigenvalue weighted by Crippen LogP contribution is 2.39. The zero-order valence-electron chi connectivity index (χ0n) is 19.7. The summed E-state index contributed by atoms with van der Waals surface area (Å²) in [5.74, 6) is 0.277. The van der Waals surface area contributed by atoms with E-state index in [1.54, 1.807) is 6.08 Å². The third kappa shape index (κ3) is 6.05. The Hall–Kier alpha value is -2.43. The fourth-order valence-electron chi connectivity index (χ4n) is 3.94. The van der Waals surface area contributed by atoms with E-state index >= 15 is 0 Å². The average Bonchev–Trinajstić information content (AvgIpc) is 3.39. The van der Waals surface area contributed by atoms with Gasteiger partial charge < -0.3 is 10.1 Å². The van der Waals surface area contributed by atoms with E-state index in [0.717, 1.165) is 41.3 Å². The van der Waals surface area contributed by atoms with Gasteiger partial charge in [0, 0.05) is 21.5 Å². The predicted molar refractivity (Wildman–Crippen MR) is 144 cm³/mol. The van der Waals surface area contributed by atoms with Crippen molar-refractivity contribution in [3.05, 3.63) is 57.4 Å². The molecule has 7 nitrogen and oxygen atoms in total. The third-order valence-electron chi connectivity index (χ3n) is 5.43. The molecule has 1 aliphatic rings. The number of fused-ring (bicyclic) bond motifs is 1. The summed E-state index contributed by atoms with van der Waals surface area (Å²) < 4.78 is 8.40. The standard InChI is InChI=1S/C25H27BrN4O3S2/c1-4-13-30-22(16-9-11-17(26)12-10-16)28-29-25(30)34-14-20(31)27-23-21(24(32)33-15(2)3)18-7-5-6-8-19(18)35-23/h4,9-12,15H,1,5-8,13-14H2,2-3H3,(H,27,31). The molecular formula is C25H27BrN4O3S2. The van der Waals surface area contributed by atoms with E-state index in [9.17, 15) is 9.59 Å². The zero-order valence-corrected chi connectivity index (χ0v) is 22.9. The highest BCUT2D eigenvalue weighted by molar-refractivity contribution is 9.10. The molecule has 2 heterocycles. The first kappa shape index (κ1) is 25.7. The van der Waals surface area contributed by atoms with E-state index < -0.39 is 0 Å². The third-order valence-corrected chi connectivity index (χ3v) is 8.14. The Morgan fingerprint density at radius 3 is 2.71 bits per heavy atom. The number of aryl methyl sites for hydroxylation is 1. The van der Waals surface area contributed by atoms with Crippen LogP contribution in [-0.2, 0) is 28.9 Å². The molecule has 1 aliphatic carbocycles. The Morgan fingerprint density at radius 1 is 1.26 bits per heavy atom. The molecule has 0 spiro atoms. The van der Waals surface area contributed by atoms with Crippen LogP contribution in [-0.4, -0.2) is 38.5 Å². The number of thioether (sulfide) groups is 1. The van der Waals surface area contributed by atoms with E-state index in [1.807, 2.05) is 42.7 Å². The SMILES string of the molecule is C=CCn1c(SCC(=O)Nc2sc3c(c2C(=O)OC(C)C)CCCC3)nnc1-c1ccc(Br)cc1. The Bertz CT molecular complexity index is 1230. The molecule has 1 aromatic carbocycles. The van der Waals surface area contributed by atoms with Crippen LogP contribution in [0.4, 0.5) is 5.00 Å². The normalized spacial score (nSPS) is 12.9. The molecule has 3 aromatic rings. The number of benzene rings is 1. The number of amides is 1. The predicted octanol–water partition coefficient (Wildman–Crippen LogP) is 6.13. The van der Waals surface area contributed by atoms with Gasteiger partial charge in [0.05, 0.1) is 17.4 Å². The molecule has 35 heavy (non-hydrogen) atoms. The number of nitrogens with zero attached hydrogens (tertiary/aromatic N) is 3. The van der Waals surface area contributed by atoms with Crippen LogP contribution in [0, 0.1) is 0 Å². The number of esters is 1. The lowest BCUT2D eigenvalue weighted by molar-refractivity contribution is -0.113. The number of anilines is 1. The van der Waals surface area contributed by atoms with E-state index in [4.69, 9.17) is 4.74 Å². The van der Waals surface area contributed by atoms with Gasteiger partial charge in [-0.3, -0.25) is 9.36 Å². The first-order valence-corrected chi connectivity index (χ1v) is 14.0. The fraction of sp³-hybridized carbons (Fsp3) is 0.360. The second-order valence-electron chi connectivity index (χ2n) is 8.42. The van der Waals surface area contributed by atoms with Crippen molar-refractivity contribution >= 4 is 55.9 Å².